The second-order valence-corrected chi connectivity index (χ2v) is 5.15. The van der Waals surface area contributed by atoms with E-state index in [4.69, 9.17) is 0 Å². The molecule has 0 bridgehead atoms. The first-order valence-electron chi connectivity index (χ1n) is 7.09. The summed E-state index contributed by atoms with van der Waals surface area (Å²) < 4.78 is 0. The number of aromatic nitrogens is 1. The molecule has 20 heavy (non-hydrogen) atoms. The molecule has 0 aliphatic carbocycles. The fourth-order valence-corrected chi connectivity index (χ4v) is 2.23. The molecule has 1 heterocycles. The monoisotopic (exact) mass is 269 g/mol. The molecule has 2 aromatic rings. The summed E-state index contributed by atoms with van der Waals surface area (Å²) >= 11 is 0. The van der Waals surface area contributed by atoms with E-state index < -0.39 is 0 Å². The summed E-state index contributed by atoms with van der Waals surface area (Å²) in [4.78, 5) is 6.78. The van der Waals surface area contributed by atoms with E-state index in [9.17, 15) is 0 Å². The van der Waals surface area contributed by atoms with E-state index in [0.717, 1.165) is 30.3 Å². The van der Waals surface area contributed by atoms with E-state index in [-0.39, 0.29) is 0 Å². The first-order valence-corrected chi connectivity index (χ1v) is 7.09. The highest BCUT2D eigenvalue weighted by atomic mass is 15.2. The quantitative estimate of drug-likeness (QED) is 0.899. The zero-order valence-corrected chi connectivity index (χ0v) is 12.8. The number of rotatable bonds is 5. The van der Waals surface area contributed by atoms with E-state index >= 15 is 0 Å². The van der Waals surface area contributed by atoms with Crippen molar-refractivity contribution in [3.05, 3.63) is 53.2 Å². The van der Waals surface area contributed by atoms with Gasteiger partial charge in [0.2, 0.25) is 0 Å². The topological polar surface area (TPSA) is 28.2 Å². The van der Waals surface area contributed by atoms with Crippen LogP contribution >= 0.6 is 0 Å². The summed E-state index contributed by atoms with van der Waals surface area (Å²) in [6, 6.07) is 12.8. The lowest BCUT2D eigenvalue weighted by molar-refractivity contribution is 0.725. The molecule has 0 aliphatic heterocycles. The number of nitrogens with one attached hydrogen (secondary N) is 1. The van der Waals surface area contributed by atoms with Gasteiger partial charge in [-0.05, 0) is 55.8 Å². The molecule has 0 aliphatic rings. The lowest BCUT2D eigenvalue weighted by Gasteiger charge is -2.20. The van der Waals surface area contributed by atoms with Gasteiger partial charge in [0, 0.05) is 25.0 Å². The molecule has 1 N–H and O–H groups in total. The van der Waals surface area contributed by atoms with Crippen LogP contribution in [0.4, 0.5) is 11.5 Å². The van der Waals surface area contributed by atoms with Crippen LogP contribution in [0.25, 0.3) is 0 Å². The Bertz CT molecular complexity index is 578. The van der Waals surface area contributed by atoms with Crippen LogP contribution in [-0.2, 0) is 6.54 Å². The largest absolute Gasteiger partial charge is 0.329 e. The summed E-state index contributed by atoms with van der Waals surface area (Å²) in [5.41, 5.74) is 4.75. The van der Waals surface area contributed by atoms with Gasteiger partial charge in [0.25, 0.3) is 0 Å². The SMILES string of the molecule is CCNCc1cc(C)nc(N(C)c2cccc(C)c2)c1. The highest BCUT2D eigenvalue weighted by Gasteiger charge is 2.07. The second-order valence-electron chi connectivity index (χ2n) is 5.15. The molecule has 1 aromatic carbocycles. The van der Waals surface area contributed by atoms with Gasteiger partial charge in [-0.2, -0.15) is 0 Å². The lowest BCUT2D eigenvalue weighted by atomic mass is 10.2. The summed E-state index contributed by atoms with van der Waals surface area (Å²) in [6.07, 6.45) is 0. The Labute approximate surface area is 121 Å². The van der Waals surface area contributed by atoms with Crippen LogP contribution < -0.4 is 10.2 Å². The fourth-order valence-electron chi connectivity index (χ4n) is 2.23. The lowest BCUT2D eigenvalue weighted by Crippen LogP contribution is -2.15. The molecule has 0 spiro atoms. The molecular weight excluding hydrogens is 246 g/mol. The third kappa shape index (κ3) is 3.58. The van der Waals surface area contributed by atoms with Crippen LogP contribution in [0.2, 0.25) is 0 Å². The summed E-state index contributed by atoms with van der Waals surface area (Å²) in [5.74, 6) is 0.989. The van der Waals surface area contributed by atoms with Crippen molar-refractivity contribution in [2.24, 2.45) is 0 Å². The molecule has 1 aromatic heterocycles. The molecule has 3 nitrogen and oxygen atoms in total. The molecule has 0 amide bonds. The van der Waals surface area contributed by atoms with Crippen molar-refractivity contribution in [2.45, 2.75) is 27.3 Å². The standard InChI is InChI=1S/C17H23N3/c1-5-18-12-15-10-14(3)19-17(11-15)20(4)16-8-6-7-13(2)9-16/h6-11,18H,5,12H2,1-4H3. The zero-order valence-electron chi connectivity index (χ0n) is 12.8. The first kappa shape index (κ1) is 14.5. The zero-order chi connectivity index (χ0) is 14.5. The van der Waals surface area contributed by atoms with Gasteiger partial charge in [-0.25, -0.2) is 4.98 Å². The van der Waals surface area contributed by atoms with E-state index in [1.807, 2.05) is 6.92 Å². The Balaban J connectivity index is 2.29. The third-order valence-electron chi connectivity index (χ3n) is 3.31. The van der Waals surface area contributed by atoms with Gasteiger partial charge >= 0.3 is 0 Å². The molecule has 0 saturated carbocycles. The smallest absolute Gasteiger partial charge is 0.133 e. The normalized spacial score (nSPS) is 10.6. The number of pyridine rings is 1. The maximum atomic E-state index is 4.65. The number of nitrogens with zero attached hydrogens (tertiary/aromatic N) is 2. The van der Waals surface area contributed by atoms with Crippen LogP contribution in [0.5, 0.6) is 0 Å². The van der Waals surface area contributed by atoms with Crippen molar-refractivity contribution in [1.82, 2.24) is 10.3 Å². The first-order chi connectivity index (χ1) is 9.60. The molecule has 0 fully saturated rings. The molecule has 2 rings (SSSR count). The predicted molar refractivity (Wildman–Crippen MR) is 85.6 cm³/mol. The van der Waals surface area contributed by atoms with Crippen molar-refractivity contribution in [3.63, 3.8) is 0 Å². The minimum Gasteiger partial charge on any atom is -0.329 e. The summed E-state index contributed by atoms with van der Waals surface area (Å²) in [7, 11) is 2.06. The third-order valence-corrected chi connectivity index (χ3v) is 3.31. The number of hydrogen-bond acceptors (Lipinski definition) is 3. The molecule has 0 atom stereocenters. The summed E-state index contributed by atoms with van der Waals surface area (Å²) in [6.45, 7) is 8.13. The second kappa shape index (κ2) is 6.53. The molecule has 0 radical (unpaired) electrons. The van der Waals surface area contributed by atoms with Gasteiger partial charge in [-0.1, -0.05) is 19.1 Å². The van der Waals surface area contributed by atoms with Crippen LogP contribution in [0.1, 0.15) is 23.7 Å². The van der Waals surface area contributed by atoms with Crippen molar-refractivity contribution >= 4 is 11.5 Å². The van der Waals surface area contributed by atoms with Crippen molar-refractivity contribution in [3.8, 4) is 0 Å². The highest BCUT2D eigenvalue weighted by Crippen LogP contribution is 2.23. The van der Waals surface area contributed by atoms with E-state index in [1.54, 1.807) is 0 Å². The number of hydrogen-bond donors (Lipinski definition) is 1. The Hall–Kier alpha value is -1.87. The maximum absolute atomic E-state index is 4.65. The summed E-state index contributed by atoms with van der Waals surface area (Å²) in [5, 5.41) is 3.36. The minimum atomic E-state index is 0.883. The molecule has 106 valence electrons. The van der Waals surface area contributed by atoms with Gasteiger partial charge in [0.15, 0.2) is 0 Å². The maximum Gasteiger partial charge on any atom is 0.133 e. The van der Waals surface area contributed by atoms with E-state index in [0.29, 0.717) is 0 Å². The molecule has 0 saturated heterocycles. The van der Waals surface area contributed by atoms with Gasteiger partial charge in [0.05, 0.1) is 0 Å². The average molecular weight is 269 g/mol. The van der Waals surface area contributed by atoms with Gasteiger partial charge in [0.1, 0.15) is 5.82 Å². The Morgan fingerprint density at radius 1 is 1.15 bits per heavy atom. The predicted octanol–water partition coefficient (Wildman–Crippen LogP) is 3.58. The van der Waals surface area contributed by atoms with Crippen molar-refractivity contribution < 1.29 is 0 Å². The number of benzene rings is 1. The fraction of sp³-hybridized carbons (Fsp3) is 0.353. The van der Waals surface area contributed by atoms with Crippen molar-refractivity contribution in [1.29, 1.82) is 0 Å². The number of aryl methyl sites for hydroxylation is 2. The Morgan fingerprint density at radius 2 is 1.95 bits per heavy atom. The van der Waals surface area contributed by atoms with Gasteiger partial charge < -0.3 is 10.2 Å². The van der Waals surface area contributed by atoms with Crippen LogP contribution in [0.15, 0.2) is 36.4 Å². The highest BCUT2D eigenvalue weighted by molar-refractivity contribution is 5.60. The molecule has 0 unspecified atom stereocenters. The number of anilines is 2. The van der Waals surface area contributed by atoms with Crippen LogP contribution in [0, 0.1) is 13.8 Å². The molecule has 3 heteroatoms. The van der Waals surface area contributed by atoms with E-state index in [2.05, 4.69) is 72.5 Å². The average Bonchev–Trinajstić information content (AvgIpc) is 2.43. The van der Waals surface area contributed by atoms with Crippen molar-refractivity contribution in [2.75, 3.05) is 18.5 Å². The van der Waals surface area contributed by atoms with Gasteiger partial charge in [-0.3, -0.25) is 0 Å². The molecular formula is C17H23N3. The van der Waals surface area contributed by atoms with Gasteiger partial charge in [-0.15, -0.1) is 0 Å². The Morgan fingerprint density at radius 3 is 2.65 bits per heavy atom. The Kier molecular flexibility index (Phi) is 4.74. The minimum absolute atomic E-state index is 0.883. The van der Waals surface area contributed by atoms with E-state index in [1.165, 1.54) is 11.1 Å². The van der Waals surface area contributed by atoms with Crippen LogP contribution in [-0.4, -0.2) is 18.6 Å². The van der Waals surface area contributed by atoms with Crippen LogP contribution in [0.3, 0.4) is 0 Å².